The maximum Gasteiger partial charge on any atom is 0.320 e. The average Bonchev–Trinajstić information content (AvgIpc) is 3.08. The van der Waals surface area contributed by atoms with Crippen LogP contribution in [0.25, 0.3) is 0 Å². The molecule has 0 unspecified atom stereocenters. The van der Waals surface area contributed by atoms with Crippen LogP contribution in [0.3, 0.4) is 0 Å². The first-order chi connectivity index (χ1) is 9.02. The van der Waals surface area contributed by atoms with Gasteiger partial charge in [-0.2, -0.15) is 0 Å². The van der Waals surface area contributed by atoms with Crippen LogP contribution in [0, 0.1) is 17.8 Å². The minimum atomic E-state index is -0.785. The van der Waals surface area contributed by atoms with Gasteiger partial charge in [-0.3, -0.25) is 4.79 Å². The number of carbonyl (C=O) groups excluding carboxylic acids is 1. The van der Waals surface area contributed by atoms with Crippen molar-refractivity contribution >= 4 is 12.0 Å². The number of urea groups is 1. The number of carboxylic acids is 1. The van der Waals surface area contributed by atoms with E-state index in [1.54, 1.807) is 4.90 Å². The lowest BCUT2D eigenvalue weighted by molar-refractivity contribution is -0.142. The fourth-order valence-electron chi connectivity index (χ4n) is 2.79. The van der Waals surface area contributed by atoms with Crippen molar-refractivity contribution < 1.29 is 14.7 Å². The lowest BCUT2D eigenvalue weighted by Crippen LogP contribution is -2.43. The molecule has 0 radical (unpaired) electrons. The predicted molar refractivity (Wildman–Crippen MR) is 71.8 cm³/mol. The van der Waals surface area contributed by atoms with E-state index in [1.807, 2.05) is 11.8 Å². The standard InChI is InChI=1S/C14H24N2O3/c1-3-6-15(8-11-4-5-11)14(19)16-7-10(2)12(9-16)13(17)18/h10-12H,3-9H2,1-2H3,(H,17,18)/t10-,12-/m1/s1. The Labute approximate surface area is 114 Å². The van der Waals surface area contributed by atoms with Gasteiger partial charge in [0.05, 0.1) is 5.92 Å². The monoisotopic (exact) mass is 268 g/mol. The Balaban J connectivity index is 1.95. The van der Waals surface area contributed by atoms with E-state index in [9.17, 15) is 9.59 Å². The van der Waals surface area contributed by atoms with Gasteiger partial charge in [-0.05, 0) is 31.1 Å². The molecule has 0 spiro atoms. The topological polar surface area (TPSA) is 60.9 Å². The quantitative estimate of drug-likeness (QED) is 0.828. The molecule has 2 rings (SSSR count). The number of rotatable bonds is 5. The van der Waals surface area contributed by atoms with Gasteiger partial charge < -0.3 is 14.9 Å². The highest BCUT2D eigenvalue weighted by Gasteiger charge is 2.39. The van der Waals surface area contributed by atoms with Gasteiger partial charge in [-0.25, -0.2) is 4.79 Å². The molecular formula is C14H24N2O3. The third kappa shape index (κ3) is 3.39. The molecule has 5 heteroatoms. The highest BCUT2D eigenvalue weighted by Crippen LogP contribution is 2.31. The molecule has 1 aliphatic heterocycles. The second kappa shape index (κ2) is 5.80. The Morgan fingerprint density at radius 3 is 2.47 bits per heavy atom. The molecule has 1 saturated heterocycles. The normalized spacial score (nSPS) is 26.5. The van der Waals surface area contributed by atoms with Crippen LogP contribution in [-0.2, 0) is 4.79 Å². The van der Waals surface area contributed by atoms with Gasteiger partial charge in [0.25, 0.3) is 0 Å². The maximum absolute atomic E-state index is 12.5. The molecule has 0 aromatic rings. The summed E-state index contributed by atoms with van der Waals surface area (Å²) >= 11 is 0. The summed E-state index contributed by atoms with van der Waals surface area (Å²) in [6, 6.07) is 0.0318. The molecule has 19 heavy (non-hydrogen) atoms. The summed E-state index contributed by atoms with van der Waals surface area (Å²) in [4.78, 5) is 27.2. The van der Waals surface area contributed by atoms with Crippen LogP contribution in [0.5, 0.6) is 0 Å². The van der Waals surface area contributed by atoms with Crippen molar-refractivity contribution in [3.8, 4) is 0 Å². The maximum atomic E-state index is 12.5. The Kier molecular flexibility index (Phi) is 4.32. The molecule has 2 atom stereocenters. The zero-order chi connectivity index (χ0) is 14.0. The second-order valence-corrected chi connectivity index (χ2v) is 6.00. The van der Waals surface area contributed by atoms with Crippen LogP contribution in [-0.4, -0.2) is 53.1 Å². The lowest BCUT2D eigenvalue weighted by atomic mass is 9.99. The molecule has 0 aromatic heterocycles. The fraction of sp³-hybridized carbons (Fsp3) is 0.857. The van der Waals surface area contributed by atoms with E-state index < -0.39 is 11.9 Å². The van der Waals surface area contributed by atoms with Crippen LogP contribution in [0.1, 0.15) is 33.1 Å². The molecule has 2 fully saturated rings. The second-order valence-electron chi connectivity index (χ2n) is 6.00. The Hall–Kier alpha value is -1.26. The van der Waals surface area contributed by atoms with Crippen molar-refractivity contribution in [2.75, 3.05) is 26.2 Å². The molecule has 0 bridgehead atoms. The molecular weight excluding hydrogens is 244 g/mol. The highest BCUT2D eigenvalue weighted by molar-refractivity contribution is 5.77. The number of hydrogen-bond donors (Lipinski definition) is 1. The number of likely N-dealkylation sites (tertiary alicyclic amines) is 1. The summed E-state index contributed by atoms with van der Waals surface area (Å²) in [5.74, 6) is -0.475. The minimum Gasteiger partial charge on any atom is -0.481 e. The average molecular weight is 268 g/mol. The van der Waals surface area contributed by atoms with E-state index in [0.717, 1.165) is 19.5 Å². The van der Waals surface area contributed by atoms with Crippen LogP contribution < -0.4 is 0 Å². The first kappa shape index (κ1) is 14.2. The van der Waals surface area contributed by atoms with Crippen molar-refractivity contribution in [3.63, 3.8) is 0 Å². The highest BCUT2D eigenvalue weighted by atomic mass is 16.4. The summed E-state index contributed by atoms with van der Waals surface area (Å²) in [5.41, 5.74) is 0. The largest absolute Gasteiger partial charge is 0.481 e. The van der Waals surface area contributed by atoms with Gasteiger partial charge in [0.15, 0.2) is 0 Å². The molecule has 2 aliphatic rings. The van der Waals surface area contributed by atoms with E-state index in [2.05, 4.69) is 6.92 Å². The zero-order valence-corrected chi connectivity index (χ0v) is 11.8. The molecule has 108 valence electrons. The SMILES string of the molecule is CCCN(CC1CC1)C(=O)N1C[C@@H](C)[C@H](C(=O)O)C1. The third-order valence-corrected chi connectivity index (χ3v) is 4.14. The Bertz CT molecular complexity index is 355. The number of amides is 2. The lowest BCUT2D eigenvalue weighted by Gasteiger charge is -2.28. The summed E-state index contributed by atoms with van der Waals surface area (Å²) in [6.45, 7) is 6.53. The predicted octanol–water partition coefficient (Wildman–Crippen LogP) is 1.88. The number of carboxylic acid groups (broad SMARTS) is 1. The van der Waals surface area contributed by atoms with E-state index in [0.29, 0.717) is 19.0 Å². The molecule has 2 amide bonds. The molecule has 1 aliphatic carbocycles. The van der Waals surface area contributed by atoms with Gasteiger partial charge in [-0.15, -0.1) is 0 Å². The Morgan fingerprint density at radius 1 is 1.32 bits per heavy atom. The van der Waals surface area contributed by atoms with Crippen LogP contribution in [0.4, 0.5) is 4.79 Å². The van der Waals surface area contributed by atoms with Crippen molar-refractivity contribution in [2.24, 2.45) is 17.8 Å². The number of aliphatic carboxylic acids is 1. The van der Waals surface area contributed by atoms with Gasteiger partial charge in [0.1, 0.15) is 0 Å². The molecule has 1 N–H and O–H groups in total. The van der Waals surface area contributed by atoms with Crippen molar-refractivity contribution in [2.45, 2.75) is 33.1 Å². The van der Waals surface area contributed by atoms with Crippen LogP contribution in [0.15, 0.2) is 0 Å². The van der Waals surface area contributed by atoms with Gasteiger partial charge >= 0.3 is 12.0 Å². The van der Waals surface area contributed by atoms with Crippen LogP contribution in [0.2, 0.25) is 0 Å². The first-order valence-corrected chi connectivity index (χ1v) is 7.29. The third-order valence-electron chi connectivity index (χ3n) is 4.14. The first-order valence-electron chi connectivity index (χ1n) is 7.29. The van der Waals surface area contributed by atoms with Gasteiger partial charge in [0.2, 0.25) is 0 Å². The van der Waals surface area contributed by atoms with Crippen LogP contribution >= 0.6 is 0 Å². The van der Waals surface area contributed by atoms with Gasteiger partial charge in [0, 0.05) is 26.2 Å². The van der Waals surface area contributed by atoms with Crippen molar-refractivity contribution in [1.82, 2.24) is 9.80 Å². The fourth-order valence-corrected chi connectivity index (χ4v) is 2.79. The smallest absolute Gasteiger partial charge is 0.320 e. The minimum absolute atomic E-state index is 0.0318. The van der Waals surface area contributed by atoms with E-state index in [4.69, 9.17) is 5.11 Å². The summed E-state index contributed by atoms with van der Waals surface area (Å²) in [7, 11) is 0. The molecule has 1 saturated carbocycles. The molecule has 5 nitrogen and oxygen atoms in total. The molecule has 1 heterocycles. The van der Waals surface area contributed by atoms with Crippen molar-refractivity contribution in [1.29, 1.82) is 0 Å². The number of carbonyl (C=O) groups is 2. The van der Waals surface area contributed by atoms with E-state index in [-0.39, 0.29) is 11.9 Å². The van der Waals surface area contributed by atoms with Crippen molar-refractivity contribution in [3.05, 3.63) is 0 Å². The summed E-state index contributed by atoms with van der Waals surface area (Å²) < 4.78 is 0. The van der Waals surface area contributed by atoms with Gasteiger partial charge in [-0.1, -0.05) is 13.8 Å². The summed E-state index contributed by atoms with van der Waals surface area (Å²) in [5, 5.41) is 9.13. The zero-order valence-electron chi connectivity index (χ0n) is 11.8. The molecule has 0 aromatic carbocycles. The van der Waals surface area contributed by atoms with E-state index in [1.165, 1.54) is 12.8 Å². The number of hydrogen-bond acceptors (Lipinski definition) is 2. The summed E-state index contributed by atoms with van der Waals surface area (Å²) in [6.07, 6.45) is 3.40. The number of nitrogens with zero attached hydrogens (tertiary/aromatic N) is 2. The Morgan fingerprint density at radius 2 is 2.00 bits per heavy atom. The van der Waals surface area contributed by atoms with E-state index >= 15 is 0 Å².